The van der Waals surface area contributed by atoms with Crippen molar-refractivity contribution < 1.29 is 23.9 Å². The summed E-state index contributed by atoms with van der Waals surface area (Å²) in [5.41, 5.74) is 6.08. The maximum Gasteiger partial charge on any atom is 0.322 e. The van der Waals surface area contributed by atoms with Crippen LogP contribution in [0.4, 0.5) is 15.1 Å². The summed E-state index contributed by atoms with van der Waals surface area (Å²) in [4.78, 5) is 37.1. The summed E-state index contributed by atoms with van der Waals surface area (Å²) in [5.74, 6) is -2.63. The van der Waals surface area contributed by atoms with Crippen LogP contribution in [0.15, 0.2) is 18.2 Å². The molecule has 12 heteroatoms. The zero-order valence-corrected chi connectivity index (χ0v) is 21.0. The number of hydrogen-bond donors (Lipinski definition) is 5. The Labute approximate surface area is 208 Å². The molecular weight excluding hydrogens is 574 g/mol. The number of hydrogen-bond acceptors (Lipinski definition) is 6. The molecule has 0 unspecified atom stereocenters. The summed E-state index contributed by atoms with van der Waals surface area (Å²) in [7, 11) is 0. The highest BCUT2D eigenvalue weighted by molar-refractivity contribution is 14.1. The number of halogens is 3. The smallest absolute Gasteiger partial charge is 0.322 e. The van der Waals surface area contributed by atoms with E-state index in [1.807, 2.05) is 36.4 Å². The molecule has 6 N–H and O–H groups in total. The van der Waals surface area contributed by atoms with Crippen molar-refractivity contribution in [3.05, 3.63) is 43.6 Å². The van der Waals surface area contributed by atoms with Gasteiger partial charge in [-0.2, -0.15) is 0 Å². The van der Waals surface area contributed by atoms with Crippen molar-refractivity contribution in [3.63, 3.8) is 0 Å². The highest BCUT2D eigenvalue weighted by atomic mass is 127. The zero-order chi connectivity index (χ0) is 22.9. The summed E-state index contributed by atoms with van der Waals surface area (Å²) in [5, 5.41) is 17.6. The van der Waals surface area contributed by atoms with Crippen molar-refractivity contribution in [1.82, 2.24) is 10.6 Å². The minimum Gasteiger partial charge on any atom is -0.480 e. The van der Waals surface area contributed by atoms with Gasteiger partial charge in [-0.25, -0.2) is 4.39 Å². The number of amides is 2. The first-order chi connectivity index (χ1) is 14.5. The van der Waals surface area contributed by atoms with Crippen molar-refractivity contribution in [3.8, 4) is 0 Å². The van der Waals surface area contributed by atoms with Crippen LogP contribution in [0.1, 0.15) is 39.4 Å². The Kier molecular flexibility index (Phi) is 8.48. The monoisotopic (exact) mass is 596 g/mol. The lowest BCUT2D eigenvalue weighted by molar-refractivity contribution is -0.138. The largest absolute Gasteiger partial charge is 0.480 e. The Bertz CT molecular complexity index is 1060. The summed E-state index contributed by atoms with van der Waals surface area (Å²) >= 11 is 3.05. The van der Waals surface area contributed by atoms with E-state index in [9.17, 15) is 18.8 Å². The molecule has 1 aliphatic rings. The molecule has 0 radical (unpaired) electrons. The molecule has 2 amide bonds. The molecule has 2 heterocycles. The first-order valence-electron chi connectivity index (χ1n) is 9.41. The predicted octanol–water partition coefficient (Wildman–Crippen LogP) is 3.11. The lowest BCUT2D eigenvalue weighted by atomic mass is 9.85. The molecule has 1 aromatic carbocycles. The third-order valence-electron chi connectivity index (χ3n) is 4.80. The van der Waals surface area contributed by atoms with Crippen LogP contribution in [0.2, 0.25) is 0 Å². The second-order valence-corrected chi connectivity index (χ2v) is 10.3. The van der Waals surface area contributed by atoms with Gasteiger partial charge in [0, 0.05) is 16.7 Å². The van der Waals surface area contributed by atoms with Gasteiger partial charge in [-0.1, -0.05) is 13.8 Å². The van der Waals surface area contributed by atoms with Crippen molar-refractivity contribution in [1.29, 1.82) is 0 Å². The van der Waals surface area contributed by atoms with Crippen LogP contribution in [0.25, 0.3) is 0 Å². The molecule has 0 saturated carbocycles. The molecule has 2 aromatic rings. The summed E-state index contributed by atoms with van der Waals surface area (Å²) < 4.78 is 15.1. The Morgan fingerprint density at radius 1 is 1.41 bits per heavy atom. The molecule has 32 heavy (non-hydrogen) atoms. The molecule has 1 atom stereocenters. The molecule has 0 spiro atoms. The van der Waals surface area contributed by atoms with Gasteiger partial charge in [-0.15, -0.1) is 23.7 Å². The highest BCUT2D eigenvalue weighted by Crippen LogP contribution is 2.40. The number of rotatable bonds is 6. The zero-order valence-electron chi connectivity index (χ0n) is 17.3. The number of nitrogens with one attached hydrogen (secondary N) is 3. The number of aliphatic carboxylic acids is 1. The molecule has 1 aliphatic heterocycles. The summed E-state index contributed by atoms with van der Waals surface area (Å²) in [6, 6.07) is 3.34. The number of anilines is 2. The normalized spacial score (nSPS) is 15.5. The summed E-state index contributed by atoms with van der Waals surface area (Å²) in [6.45, 7) is 4.08. The molecule has 0 saturated heterocycles. The second kappa shape index (κ2) is 10.3. The number of nitrogens with two attached hydrogens (primary N) is 1. The molecular formula is C20H23ClFIN4O4S. The van der Waals surface area contributed by atoms with Gasteiger partial charge in [0.2, 0.25) is 0 Å². The number of benzene rings is 1. The highest BCUT2D eigenvalue weighted by Gasteiger charge is 2.34. The van der Waals surface area contributed by atoms with Gasteiger partial charge in [-0.05, 0) is 58.2 Å². The van der Waals surface area contributed by atoms with E-state index in [1.165, 1.54) is 6.07 Å². The second-order valence-electron chi connectivity index (χ2n) is 8.04. The van der Waals surface area contributed by atoms with Crippen molar-refractivity contribution in [2.75, 3.05) is 18.4 Å². The van der Waals surface area contributed by atoms with Crippen LogP contribution in [0.3, 0.4) is 0 Å². The van der Waals surface area contributed by atoms with Crippen LogP contribution in [0.5, 0.6) is 0 Å². The predicted molar refractivity (Wildman–Crippen MR) is 132 cm³/mol. The van der Waals surface area contributed by atoms with Crippen LogP contribution >= 0.6 is 46.3 Å². The number of carbonyl (C=O) groups excluding carboxylic acids is 2. The lowest BCUT2D eigenvalue weighted by Crippen LogP contribution is -2.42. The Morgan fingerprint density at radius 2 is 2.09 bits per heavy atom. The molecule has 174 valence electrons. The van der Waals surface area contributed by atoms with E-state index in [-0.39, 0.29) is 41.5 Å². The van der Waals surface area contributed by atoms with E-state index in [2.05, 4.69) is 16.0 Å². The van der Waals surface area contributed by atoms with Crippen molar-refractivity contribution in [2.24, 2.45) is 11.1 Å². The fourth-order valence-corrected chi connectivity index (χ4v) is 4.78. The van der Waals surface area contributed by atoms with E-state index in [0.717, 1.165) is 11.3 Å². The minimum absolute atomic E-state index is 0. The van der Waals surface area contributed by atoms with Crippen LogP contribution in [0, 0.1) is 14.8 Å². The van der Waals surface area contributed by atoms with Gasteiger partial charge < -0.3 is 26.8 Å². The van der Waals surface area contributed by atoms with Crippen molar-refractivity contribution in [2.45, 2.75) is 26.3 Å². The first kappa shape index (κ1) is 26.3. The van der Waals surface area contributed by atoms with Gasteiger partial charge in [0.05, 0.1) is 16.1 Å². The van der Waals surface area contributed by atoms with Gasteiger partial charge >= 0.3 is 5.97 Å². The van der Waals surface area contributed by atoms with Crippen molar-refractivity contribution >= 4 is 74.8 Å². The number of fused-ring (bicyclic) bond motifs is 1. The van der Waals surface area contributed by atoms with E-state index >= 15 is 0 Å². The Hall–Kier alpha value is -1.96. The first-order valence-corrected chi connectivity index (χ1v) is 11.3. The fraction of sp³-hybridized carbons (Fsp3) is 0.350. The topological polar surface area (TPSA) is 134 Å². The number of thiophene rings is 1. The number of carbonyl (C=O) groups is 3. The molecule has 0 fully saturated rings. The van der Waals surface area contributed by atoms with Crippen LogP contribution < -0.4 is 21.7 Å². The lowest BCUT2D eigenvalue weighted by Gasteiger charge is -2.22. The third-order valence-corrected chi connectivity index (χ3v) is 6.62. The number of carboxylic acids is 1. The molecule has 1 aromatic heterocycles. The quantitative estimate of drug-likeness (QED) is 0.326. The van der Waals surface area contributed by atoms with E-state index in [0.29, 0.717) is 32.0 Å². The van der Waals surface area contributed by atoms with Gasteiger partial charge in [0.15, 0.2) is 0 Å². The van der Waals surface area contributed by atoms with Gasteiger partial charge in [0.25, 0.3) is 11.8 Å². The SMILES string of the molecule is CC1(C)CNC(=O)c2sc(Nc3ccc(I)cc3F)c(C(=O)NC[C@H](N)C(=O)O)c2C1.Cl. The number of carboxylic acid groups (broad SMARTS) is 1. The summed E-state index contributed by atoms with van der Waals surface area (Å²) in [6.07, 6.45) is 0.433. The van der Waals surface area contributed by atoms with Gasteiger partial charge in [-0.3, -0.25) is 14.4 Å². The maximum absolute atomic E-state index is 14.4. The fourth-order valence-electron chi connectivity index (χ4n) is 3.18. The molecule has 0 aliphatic carbocycles. The molecule has 8 nitrogen and oxygen atoms in total. The third kappa shape index (κ3) is 5.88. The molecule has 3 rings (SSSR count). The maximum atomic E-state index is 14.4. The van der Waals surface area contributed by atoms with Crippen LogP contribution in [-0.4, -0.2) is 42.0 Å². The Balaban J connectivity index is 0.00000363. The van der Waals surface area contributed by atoms with E-state index < -0.39 is 23.7 Å². The minimum atomic E-state index is -1.27. The van der Waals surface area contributed by atoms with Crippen LogP contribution in [-0.2, 0) is 11.2 Å². The van der Waals surface area contributed by atoms with E-state index in [1.54, 1.807) is 12.1 Å². The average Bonchev–Trinajstić information content (AvgIpc) is 2.98. The molecule has 0 bridgehead atoms. The van der Waals surface area contributed by atoms with E-state index in [4.69, 9.17) is 10.8 Å². The Morgan fingerprint density at radius 3 is 2.72 bits per heavy atom. The standard InChI is InChI=1S/C20H22FIN4O4S.ClH/c1-20(2)6-10-14(16(27)24-7-12(23)19(29)30)18(31-15(10)17(28)25-8-20)26-13-4-3-9(22)5-11(13)21;/h3-5,12,26H,6-8,23H2,1-2H3,(H,24,27)(H,25,28)(H,29,30);1H/t12-;/m0./s1. The average molecular weight is 597 g/mol. The van der Waals surface area contributed by atoms with Gasteiger partial charge in [0.1, 0.15) is 16.9 Å².